The molecule has 4 nitrogen and oxygen atoms in total. The topological polar surface area (TPSA) is 47.9 Å². The zero-order chi connectivity index (χ0) is 16.1. The summed E-state index contributed by atoms with van der Waals surface area (Å²) in [5, 5.41) is 10.2. The summed E-state index contributed by atoms with van der Waals surface area (Å²) >= 11 is 0. The number of rotatable bonds is 7. The van der Waals surface area contributed by atoms with Gasteiger partial charge in [0.05, 0.1) is 19.3 Å². The van der Waals surface area contributed by atoms with Gasteiger partial charge in [0.1, 0.15) is 6.10 Å². The second-order valence-corrected chi connectivity index (χ2v) is 5.83. The number of aliphatic hydroxyl groups is 1. The molecule has 0 radical (unpaired) electrons. The molecule has 1 heterocycles. The van der Waals surface area contributed by atoms with Gasteiger partial charge in [0.15, 0.2) is 11.5 Å². The molecule has 1 fully saturated rings. The Morgan fingerprint density at radius 3 is 2.68 bits per heavy atom. The number of ether oxygens (including phenoxy) is 3. The molecule has 1 aliphatic heterocycles. The molecule has 1 aromatic carbocycles. The van der Waals surface area contributed by atoms with E-state index in [1.807, 2.05) is 13.8 Å². The van der Waals surface area contributed by atoms with Crippen LogP contribution in [0.4, 0.5) is 8.78 Å². The average Bonchev–Trinajstić information content (AvgIpc) is 2.92. The van der Waals surface area contributed by atoms with E-state index in [2.05, 4.69) is 4.74 Å². The lowest BCUT2D eigenvalue weighted by molar-refractivity contribution is -0.0521. The number of halogens is 2. The molecule has 0 spiro atoms. The van der Waals surface area contributed by atoms with Gasteiger partial charge in [-0.1, -0.05) is 19.9 Å². The van der Waals surface area contributed by atoms with Gasteiger partial charge in [0.25, 0.3) is 0 Å². The molecular weight excluding hydrogens is 294 g/mol. The maximum Gasteiger partial charge on any atom is 0.387 e. The van der Waals surface area contributed by atoms with Gasteiger partial charge in [-0.15, -0.1) is 0 Å². The van der Waals surface area contributed by atoms with Gasteiger partial charge in [-0.25, -0.2) is 0 Å². The Labute approximate surface area is 129 Å². The van der Waals surface area contributed by atoms with Crippen molar-refractivity contribution in [2.75, 3.05) is 13.2 Å². The highest BCUT2D eigenvalue weighted by molar-refractivity contribution is 5.44. The molecule has 22 heavy (non-hydrogen) atoms. The highest BCUT2D eigenvalue weighted by Gasteiger charge is 2.22. The highest BCUT2D eigenvalue weighted by Crippen LogP contribution is 2.34. The van der Waals surface area contributed by atoms with E-state index in [9.17, 15) is 13.9 Å². The molecule has 0 bridgehead atoms. The van der Waals surface area contributed by atoms with Crippen LogP contribution in [-0.2, 0) is 4.74 Å². The molecule has 6 heteroatoms. The fourth-order valence-electron chi connectivity index (χ4n) is 2.39. The predicted molar refractivity (Wildman–Crippen MR) is 77.3 cm³/mol. The summed E-state index contributed by atoms with van der Waals surface area (Å²) in [6, 6.07) is 4.57. The monoisotopic (exact) mass is 316 g/mol. The largest absolute Gasteiger partial charge is 0.484 e. The SMILES string of the molecule is CC(C)CC(O)c1ccc(OC(F)F)c(OC2CCOC2)c1. The van der Waals surface area contributed by atoms with Crippen LogP contribution in [0.15, 0.2) is 18.2 Å². The van der Waals surface area contributed by atoms with Gasteiger partial charge in [-0.3, -0.25) is 0 Å². The average molecular weight is 316 g/mol. The summed E-state index contributed by atoms with van der Waals surface area (Å²) in [5.74, 6) is 0.512. The van der Waals surface area contributed by atoms with Crippen LogP contribution in [0.2, 0.25) is 0 Å². The minimum Gasteiger partial charge on any atom is -0.484 e. The van der Waals surface area contributed by atoms with Crippen LogP contribution < -0.4 is 9.47 Å². The molecule has 124 valence electrons. The van der Waals surface area contributed by atoms with Gasteiger partial charge in [0.2, 0.25) is 0 Å². The molecule has 0 aliphatic carbocycles. The Morgan fingerprint density at radius 2 is 2.09 bits per heavy atom. The van der Waals surface area contributed by atoms with Crippen molar-refractivity contribution in [1.82, 2.24) is 0 Å². The highest BCUT2D eigenvalue weighted by atomic mass is 19.3. The van der Waals surface area contributed by atoms with E-state index in [-0.39, 0.29) is 17.6 Å². The van der Waals surface area contributed by atoms with E-state index in [1.54, 1.807) is 12.1 Å². The first-order chi connectivity index (χ1) is 10.5. The second kappa shape index (κ2) is 7.74. The van der Waals surface area contributed by atoms with Gasteiger partial charge >= 0.3 is 6.61 Å². The van der Waals surface area contributed by atoms with Gasteiger partial charge in [-0.2, -0.15) is 8.78 Å². The lowest BCUT2D eigenvalue weighted by atomic mass is 9.99. The Morgan fingerprint density at radius 1 is 1.32 bits per heavy atom. The first-order valence-electron chi connectivity index (χ1n) is 7.47. The van der Waals surface area contributed by atoms with E-state index < -0.39 is 12.7 Å². The molecule has 2 rings (SSSR count). The minimum atomic E-state index is -2.92. The van der Waals surface area contributed by atoms with Gasteiger partial charge in [-0.05, 0) is 30.0 Å². The quantitative estimate of drug-likeness (QED) is 0.836. The number of hydrogen-bond acceptors (Lipinski definition) is 4. The molecular formula is C16H22F2O4. The third-order valence-electron chi connectivity index (χ3n) is 3.44. The smallest absolute Gasteiger partial charge is 0.387 e. The van der Waals surface area contributed by atoms with E-state index in [0.717, 1.165) is 0 Å². The first-order valence-corrected chi connectivity index (χ1v) is 7.47. The van der Waals surface area contributed by atoms with Crippen molar-refractivity contribution >= 4 is 0 Å². The molecule has 0 amide bonds. The molecule has 1 N–H and O–H groups in total. The standard InChI is InChI=1S/C16H22F2O4/c1-10(2)7-13(19)11-3-4-14(22-16(17)18)15(8-11)21-12-5-6-20-9-12/h3-4,8,10,12-13,16,19H,5-7,9H2,1-2H3. The number of aliphatic hydroxyl groups excluding tert-OH is 1. The summed E-state index contributed by atoms with van der Waals surface area (Å²) < 4.78 is 40.4. The summed E-state index contributed by atoms with van der Waals surface area (Å²) in [6.45, 7) is 2.10. The van der Waals surface area contributed by atoms with E-state index in [0.29, 0.717) is 37.5 Å². The fraction of sp³-hybridized carbons (Fsp3) is 0.625. The predicted octanol–water partition coefficient (Wildman–Crippen LogP) is 3.54. The summed E-state index contributed by atoms with van der Waals surface area (Å²) in [6.07, 6.45) is 0.439. The van der Waals surface area contributed by atoms with Crippen LogP contribution in [0.5, 0.6) is 11.5 Å². The third kappa shape index (κ3) is 4.81. The fourth-order valence-corrected chi connectivity index (χ4v) is 2.39. The molecule has 1 aromatic rings. The minimum absolute atomic E-state index is 0.0256. The van der Waals surface area contributed by atoms with Crippen LogP contribution in [0.1, 0.15) is 38.4 Å². The van der Waals surface area contributed by atoms with Crippen molar-refractivity contribution in [3.05, 3.63) is 23.8 Å². The zero-order valence-corrected chi connectivity index (χ0v) is 12.8. The van der Waals surface area contributed by atoms with Crippen molar-refractivity contribution in [1.29, 1.82) is 0 Å². The summed E-state index contributed by atoms with van der Waals surface area (Å²) in [5.41, 5.74) is 0.629. The molecule has 1 saturated heterocycles. The van der Waals surface area contributed by atoms with Crippen molar-refractivity contribution < 1.29 is 28.1 Å². The molecule has 0 saturated carbocycles. The number of alkyl halides is 2. The maximum atomic E-state index is 12.5. The van der Waals surface area contributed by atoms with Crippen LogP contribution in [0, 0.1) is 5.92 Å². The second-order valence-electron chi connectivity index (χ2n) is 5.83. The Bertz CT molecular complexity index is 473. The van der Waals surface area contributed by atoms with E-state index in [4.69, 9.17) is 9.47 Å². The Kier molecular flexibility index (Phi) is 5.97. The van der Waals surface area contributed by atoms with E-state index in [1.165, 1.54) is 6.07 Å². The third-order valence-corrected chi connectivity index (χ3v) is 3.44. The lowest BCUT2D eigenvalue weighted by Gasteiger charge is -2.19. The summed E-state index contributed by atoms with van der Waals surface area (Å²) in [7, 11) is 0. The molecule has 1 aliphatic rings. The Hall–Kier alpha value is -1.40. The summed E-state index contributed by atoms with van der Waals surface area (Å²) in [4.78, 5) is 0. The molecule has 2 atom stereocenters. The number of hydrogen-bond donors (Lipinski definition) is 1. The number of benzene rings is 1. The van der Waals surface area contributed by atoms with Crippen LogP contribution in [0.3, 0.4) is 0 Å². The van der Waals surface area contributed by atoms with Crippen LogP contribution in [-0.4, -0.2) is 31.0 Å². The van der Waals surface area contributed by atoms with Crippen LogP contribution >= 0.6 is 0 Å². The van der Waals surface area contributed by atoms with Gasteiger partial charge in [0, 0.05) is 6.42 Å². The first kappa shape index (κ1) is 17.0. The molecule has 2 unspecified atom stereocenters. The van der Waals surface area contributed by atoms with E-state index >= 15 is 0 Å². The maximum absolute atomic E-state index is 12.5. The van der Waals surface area contributed by atoms with Crippen LogP contribution in [0.25, 0.3) is 0 Å². The normalized spacial score (nSPS) is 19.7. The van der Waals surface area contributed by atoms with Crippen molar-refractivity contribution in [2.45, 2.75) is 45.5 Å². The molecule has 0 aromatic heterocycles. The Balaban J connectivity index is 2.19. The van der Waals surface area contributed by atoms with Crippen molar-refractivity contribution in [3.8, 4) is 11.5 Å². The van der Waals surface area contributed by atoms with Crippen molar-refractivity contribution in [3.63, 3.8) is 0 Å². The lowest BCUT2D eigenvalue weighted by Crippen LogP contribution is -2.17. The van der Waals surface area contributed by atoms with Crippen molar-refractivity contribution in [2.24, 2.45) is 5.92 Å². The zero-order valence-electron chi connectivity index (χ0n) is 12.8. The van der Waals surface area contributed by atoms with Gasteiger partial charge < -0.3 is 19.3 Å².